The number of amides is 2. The Bertz CT molecular complexity index is 855. The highest BCUT2D eigenvalue weighted by Gasteiger charge is 2.31. The molecule has 2 amide bonds. The summed E-state index contributed by atoms with van der Waals surface area (Å²) in [6.07, 6.45) is -4.51. The van der Waals surface area contributed by atoms with Gasteiger partial charge in [-0.3, -0.25) is 9.59 Å². The van der Waals surface area contributed by atoms with E-state index in [-0.39, 0.29) is 12.2 Å². The third-order valence-electron chi connectivity index (χ3n) is 4.14. The molecule has 3 N–H and O–H groups in total. The van der Waals surface area contributed by atoms with E-state index in [1.54, 1.807) is 14.0 Å². The normalized spacial score (nSPS) is 13.5. The molecule has 5 nitrogen and oxygen atoms in total. The highest BCUT2D eigenvalue weighted by atomic mass is 19.4. The average molecular weight is 398 g/mol. The first kappa shape index (κ1) is 21.4. The minimum Gasteiger partial charge on any atom is -0.321 e. The summed E-state index contributed by atoms with van der Waals surface area (Å²) in [5.74, 6) is -1.45. The number of likely N-dealkylation sites (N-methyl/N-ethyl adjacent to an activating group) is 1. The van der Waals surface area contributed by atoms with Crippen LogP contribution in [0, 0.1) is 5.82 Å². The van der Waals surface area contributed by atoms with Gasteiger partial charge >= 0.3 is 6.18 Å². The number of rotatable bonds is 6. The molecule has 0 heterocycles. The van der Waals surface area contributed by atoms with Crippen molar-refractivity contribution in [3.05, 3.63) is 59.9 Å². The van der Waals surface area contributed by atoms with Gasteiger partial charge in [-0.15, -0.1) is 0 Å². The highest BCUT2D eigenvalue weighted by molar-refractivity contribution is 5.94. The molecule has 1 unspecified atom stereocenters. The maximum Gasteiger partial charge on any atom is 0.416 e. The van der Waals surface area contributed by atoms with E-state index < -0.39 is 35.4 Å². The van der Waals surface area contributed by atoms with E-state index in [1.807, 2.05) is 0 Å². The van der Waals surface area contributed by atoms with Crippen molar-refractivity contribution in [2.24, 2.45) is 0 Å². The lowest BCUT2D eigenvalue weighted by atomic mass is 10.2. The minimum absolute atomic E-state index is 0.0173. The SMILES string of the molecule is C[C@H](C(=O)Nc1cccc(C(F)(F)F)c1)[NH+](C)CC(=O)Nc1cccc(F)c1. The molecule has 0 aliphatic rings. The van der Waals surface area contributed by atoms with Crippen LogP contribution in [0.1, 0.15) is 12.5 Å². The summed E-state index contributed by atoms with van der Waals surface area (Å²) in [5, 5.41) is 4.95. The van der Waals surface area contributed by atoms with E-state index in [0.717, 1.165) is 18.2 Å². The Labute approximate surface area is 159 Å². The second-order valence-electron chi connectivity index (χ2n) is 6.37. The van der Waals surface area contributed by atoms with Crippen LogP contribution < -0.4 is 15.5 Å². The van der Waals surface area contributed by atoms with Gasteiger partial charge in [0.1, 0.15) is 5.82 Å². The molecule has 2 aromatic carbocycles. The summed E-state index contributed by atoms with van der Waals surface area (Å²) >= 11 is 0. The molecule has 0 saturated heterocycles. The summed E-state index contributed by atoms with van der Waals surface area (Å²) in [4.78, 5) is 24.9. The monoisotopic (exact) mass is 398 g/mol. The summed E-state index contributed by atoms with van der Waals surface area (Å²) in [5.41, 5.74) is -0.560. The molecule has 0 saturated carbocycles. The van der Waals surface area contributed by atoms with Gasteiger partial charge in [-0.1, -0.05) is 12.1 Å². The first-order chi connectivity index (χ1) is 13.1. The zero-order valence-corrected chi connectivity index (χ0v) is 15.2. The average Bonchev–Trinajstić information content (AvgIpc) is 2.60. The molecule has 0 aliphatic heterocycles. The first-order valence-electron chi connectivity index (χ1n) is 8.42. The van der Waals surface area contributed by atoms with Crippen molar-refractivity contribution < 1.29 is 32.1 Å². The molecule has 0 spiro atoms. The lowest BCUT2D eigenvalue weighted by molar-refractivity contribution is -0.885. The Morgan fingerprint density at radius 2 is 1.64 bits per heavy atom. The molecule has 2 aromatic rings. The predicted molar refractivity (Wildman–Crippen MR) is 96.3 cm³/mol. The first-order valence-corrected chi connectivity index (χ1v) is 8.42. The molecule has 28 heavy (non-hydrogen) atoms. The van der Waals surface area contributed by atoms with Gasteiger partial charge in [-0.25, -0.2) is 4.39 Å². The van der Waals surface area contributed by atoms with E-state index in [9.17, 15) is 27.2 Å². The van der Waals surface area contributed by atoms with E-state index in [4.69, 9.17) is 0 Å². The quantitative estimate of drug-likeness (QED) is 0.654. The summed E-state index contributed by atoms with van der Waals surface area (Å²) in [6, 6.07) is 8.98. The van der Waals surface area contributed by atoms with Crippen LogP contribution in [-0.2, 0) is 15.8 Å². The van der Waals surface area contributed by atoms with Crippen molar-refractivity contribution in [2.45, 2.75) is 19.1 Å². The second kappa shape index (κ2) is 8.83. The zero-order valence-electron chi connectivity index (χ0n) is 15.2. The molecule has 0 aliphatic carbocycles. The van der Waals surface area contributed by atoms with E-state index in [2.05, 4.69) is 10.6 Å². The van der Waals surface area contributed by atoms with Gasteiger partial charge in [-0.2, -0.15) is 13.2 Å². The largest absolute Gasteiger partial charge is 0.416 e. The Morgan fingerprint density at radius 1 is 1.04 bits per heavy atom. The zero-order chi connectivity index (χ0) is 20.9. The van der Waals surface area contributed by atoms with Crippen LogP contribution >= 0.6 is 0 Å². The predicted octanol–water partition coefficient (Wildman–Crippen LogP) is 2.32. The maximum absolute atomic E-state index is 13.1. The minimum atomic E-state index is -4.51. The van der Waals surface area contributed by atoms with Crippen LogP contribution in [-0.4, -0.2) is 31.4 Å². The Morgan fingerprint density at radius 3 is 2.25 bits per heavy atom. The number of alkyl halides is 3. The molecule has 0 aromatic heterocycles. The number of hydrogen-bond donors (Lipinski definition) is 3. The number of benzene rings is 2. The lowest BCUT2D eigenvalue weighted by Gasteiger charge is -2.21. The van der Waals surface area contributed by atoms with Gasteiger partial charge in [0.15, 0.2) is 12.6 Å². The van der Waals surface area contributed by atoms with Gasteiger partial charge in [0.2, 0.25) is 0 Å². The number of quaternary nitrogens is 1. The number of halogens is 4. The molecule has 2 atom stereocenters. The van der Waals surface area contributed by atoms with Gasteiger partial charge in [0.05, 0.1) is 12.6 Å². The fourth-order valence-electron chi connectivity index (χ4n) is 2.43. The Kier molecular flexibility index (Phi) is 6.74. The fraction of sp³-hybridized carbons (Fsp3) is 0.263. The van der Waals surface area contributed by atoms with Crippen LogP contribution in [0.4, 0.5) is 28.9 Å². The van der Waals surface area contributed by atoms with Gasteiger partial charge < -0.3 is 15.5 Å². The smallest absolute Gasteiger partial charge is 0.321 e. The van der Waals surface area contributed by atoms with Crippen LogP contribution in [0.25, 0.3) is 0 Å². The van der Waals surface area contributed by atoms with Crippen molar-refractivity contribution in [3.63, 3.8) is 0 Å². The number of anilines is 2. The van der Waals surface area contributed by atoms with Crippen molar-refractivity contribution in [2.75, 3.05) is 24.2 Å². The third-order valence-corrected chi connectivity index (χ3v) is 4.14. The fourth-order valence-corrected chi connectivity index (χ4v) is 2.43. The second-order valence-corrected chi connectivity index (χ2v) is 6.37. The van der Waals surface area contributed by atoms with Crippen molar-refractivity contribution in [1.82, 2.24) is 0 Å². The summed E-state index contributed by atoms with van der Waals surface area (Å²) in [7, 11) is 1.60. The van der Waals surface area contributed by atoms with Crippen molar-refractivity contribution >= 4 is 23.2 Å². The number of carbonyl (C=O) groups excluding carboxylic acids is 2. The number of nitrogens with one attached hydrogen (secondary N) is 3. The van der Waals surface area contributed by atoms with Gasteiger partial charge in [-0.05, 0) is 43.3 Å². The maximum atomic E-state index is 13.1. The Balaban J connectivity index is 1.94. The number of carbonyl (C=O) groups is 2. The van der Waals surface area contributed by atoms with Crippen molar-refractivity contribution in [1.29, 1.82) is 0 Å². The molecule has 9 heteroatoms. The molecule has 0 fully saturated rings. The number of hydrogen-bond acceptors (Lipinski definition) is 2. The van der Waals surface area contributed by atoms with Crippen molar-refractivity contribution in [3.8, 4) is 0 Å². The standard InChI is InChI=1S/C19H19F4N3O2/c1-12(18(28)25-15-7-3-5-13(9-15)19(21,22)23)26(2)11-17(27)24-16-8-4-6-14(20)10-16/h3-10,12H,11H2,1-2H3,(H,24,27)(H,25,28)/p+1/t12-/m1/s1. The van der Waals surface area contributed by atoms with Crippen LogP contribution in [0.3, 0.4) is 0 Å². The van der Waals surface area contributed by atoms with E-state index in [1.165, 1.54) is 30.3 Å². The van der Waals surface area contributed by atoms with Crippen LogP contribution in [0.15, 0.2) is 48.5 Å². The molecule has 0 radical (unpaired) electrons. The van der Waals surface area contributed by atoms with Gasteiger partial charge in [0, 0.05) is 11.4 Å². The molecular weight excluding hydrogens is 378 g/mol. The van der Waals surface area contributed by atoms with Gasteiger partial charge in [0.25, 0.3) is 11.8 Å². The topological polar surface area (TPSA) is 62.6 Å². The molecule has 0 bridgehead atoms. The van der Waals surface area contributed by atoms with Crippen LogP contribution in [0.2, 0.25) is 0 Å². The summed E-state index contributed by atoms with van der Waals surface area (Å²) in [6.45, 7) is 1.46. The molecular formula is C19H20F4N3O2+. The van der Waals surface area contributed by atoms with E-state index in [0.29, 0.717) is 10.6 Å². The lowest BCUT2D eigenvalue weighted by Crippen LogP contribution is -3.14. The Hall–Kier alpha value is -2.94. The summed E-state index contributed by atoms with van der Waals surface area (Å²) < 4.78 is 51.4. The molecule has 2 rings (SSSR count). The van der Waals surface area contributed by atoms with E-state index >= 15 is 0 Å². The molecule has 150 valence electrons. The highest BCUT2D eigenvalue weighted by Crippen LogP contribution is 2.30. The third kappa shape index (κ3) is 6.05. The van der Waals surface area contributed by atoms with Crippen LogP contribution in [0.5, 0.6) is 0 Å².